The number of carbonyl (C=O) groups excluding carboxylic acids is 5. The van der Waals surface area contributed by atoms with E-state index in [1.807, 2.05) is 91.0 Å². The van der Waals surface area contributed by atoms with Gasteiger partial charge in [0.05, 0.1) is 26.4 Å². The first kappa shape index (κ1) is 53.0. The number of hydrogen-bond acceptors (Lipinski definition) is 17. The van der Waals surface area contributed by atoms with Gasteiger partial charge in [-0.15, -0.1) is 0 Å². The minimum absolute atomic E-state index is 0.00721. The van der Waals surface area contributed by atoms with Gasteiger partial charge < -0.3 is 57.4 Å². The summed E-state index contributed by atoms with van der Waals surface area (Å²) in [6, 6.07) is 30.7. The van der Waals surface area contributed by atoms with Gasteiger partial charge in [-0.2, -0.15) is 0 Å². The van der Waals surface area contributed by atoms with Crippen molar-refractivity contribution in [3.63, 3.8) is 0 Å². The fourth-order valence-corrected chi connectivity index (χ4v) is 7.49. The topological polar surface area (TPSA) is 212 Å². The number of nitrogens with one attached hydrogen (secondary N) is 1. The van der Waals surface area contributed by atoms with Crippen LogP contribution in [0, 0.1) is 0 Å². The quantitative estimate of drug-likeness (QED) is 0.0580. The normalized spacial score (nSPS) is 24.6. The van der Waals surface area contributed by atoms with E-state index in [-0.39, 0.29) is 32.1 Å². The van der Waals surface area contributed by atoms with E-state index in [1.54, 1.807) is 12.1 Å². The predicted octanol–water partition coefficient (Wildman–Crippen LogP) is 6.35. The molecule has 1 aromatic heterocycles. The molecule has 2 aliphatic rings. The number of halogens is 3. The lowest BCUT2D eigenvalue weighted by Crippen LogP contribution is -2.69. The average Bonchev–Trinajstić information content (AvgIpc) is 3.32. The Bertz CT molecular complexity index is 2260. The number of esters is 4. The molecule has 3 aromatic carbocycles. The van der Waals surface area contributed by atoms with Crippen molar-refractivity contribution in [3.05, 3.63) is 138 Å². The number of hydrogen-bond donors (Lipinski definition) is 1. The van der Waals surface area contributed by atoms with Crippen molar-refractivity contribution in [1.29, 1.82) is 0 Å². The van der Waals surface area contributed by atoms with E-state index in [0.717, 1.165) is 37.5 Å². The zero-order valence-electron chi connectivity index (χ0n) is 37.6. The molecule has 2 aliphatic heterocycles. The molecule has 0 aliphatic carbocycles. The number of ether oxygens (including phenoxy) is 11. The first-order valence-corrected chi connectivity index (χ1v) is 22.8. The van der Waals surface area contributed by atoms with Crippen molar-refractivity contribution >= 4 is 64.8 Å². The Kier molecular flexibility index (Phi) is 19.9. The molecule has 10 atom stereocenters. The second-order valence-electron chi connectivity index (χ2n) is 15.6. The summed E-state index contributed by atoms with van der Waals surface area (Å²) in [7, 11) is 0. The number of nitrogens with zero attached hydrogens (tertiary/aromatic N) is 1. The number of alkyl carbamates (subject to hydrolysis) is 1. The molecule has 69 heavy (non-hydrogen) atoms. The van der Waals surface area contributed by atoms with Crippen molar-refractivity contribution in [2.24, 2.45) is 0 Å². The number of aromatic nitrogens is 1. The molecule has 6 rings (SSSR count). The van der Waals surface area contributed by atoms with E-state index in [1.165, 1.54) is 12.3 Å². The highest BCUT2D eigenvalue weighted by molar-refractivity contribution is 6.67. The van der Waals surface area contributed by atoms with Gasteiger partial charge in [0.15, 0.2) is 30.9 Å². The first-order valence-electron chi connectivity index (χ1n) is 21.6. The van der Waals surface area contributed by atoms with Gasteiger partial charge in [0.25, 0.3) is 0 Å². The molecule has 0 radical (unpaired) electrons. The van der Waals surface area contributed by atoms with Crippen LogP contribution in [-0.4, -0.2) is 120 Å². The van der Waals surface area contributed by atoms with Gasteiger partial charge in [-0.3, -0.25) is 14.4 Å². The van der Waals surface area contributed by atoms with Crippen LogP contribution in [0.25, 0.3) is 0 Å². The Balaban J connectivity index is 1.46. The van der Waals surface area contributed by atoms with Crippen molar-refractivity contribution in [1.82, 2.24) is 10.3 Å². The minimum Gasteiger partial charge on any atom is -0.463 e. The highest BCUT2D eigenvalue weighted by Crippen LogP contribution is 2.36. The molecular weight excluding hydrogens is 967 g/mol. The summed E-state index contributed by atoms with van der Waals surface area (Å²) in [6.45, 7) is 1.83. The molecule has 21 heteroatoms. The predicted molar refractivity (Wildman–Crippen MR) is 244 cm³/mol. The fourth-order valence-electron chi connectivity index (χ4n) is 7.33. The molecular formula is C48H51Cl3N2O16. The summed E-state index contributed by atoms with van der Waals surface area (Å²) in [5.74, 6) is -3.27. The Morgan fingerprint density at radius 2 is 1.10 bits per heavy atom. The molecule has 3 heterocycles. The minimum atomic E-state index is -2.04. The standard InChI is InChI=1S/C48H51Cl3N2O16/c1-29(54)60-27-37-39(64-30(2)55)41(65-31(3)56)38(53-47(58)63-28-48(49,50)51)45(66-37)69-46-43(62-25-34-19-11-6-12-20-34)42(61-24-33-17-9-5-10-18-33)40(68-44(57)35-21-13-14-22-52-35)36(67-46)26-59-23-32-15-7-4-8-16-32/h4-22,36-43,45-46H,23-28H2,1-3H3,(H,53,58)/t36-,37-,38-,39-,40-,41-,42+,43-,45+,46-/m1/s1. The molecule has 0 unspecified atom stereocenters. The van der Waals surface area contributed by atoms with E-state index >= 15 is 0 Å². The van der Waals surface area contributed by atoms with E-state index in [0.29, 0.717) is 0 Å². The third-order valence-corrected chi connectivity index (χ3v) is 10.6. The Labute approximate surface area is 412 Å². The molecule has 370 valence electrons. The summed E-state index contributed by atoms with van der Waals surface area (Å²) >= 11 is 17.7. The van der Waals surface area contributed by atoms with Gasteiger partial charge in [-0.05, 0) is 28.8 Å². The van der Waals surface area contributed by atoms with Crippen molar-refractivity contribution in [3.8, 4) is 0 Å². The molecule has 0 bridgehead atoms. The van der Waals surface area contributed by atoms with Crippen LogP contribution >= 0.6 is 34.8 Å². The van der Waals surface area contributed by atoms with Crippen LogP contribution in [0.4, 0.5) is 4.79 Å². The van der Waals surface area contributed by atoms with Crippen LogP contribution in [-0.2, 0) is 86.3 Å². The summed E-state index contributed by atoms with van der Waals surface area (Å²) in [4.78, 5) is 69.3. The van der Waals surface area contributed by atoms with Crippen LogP contribution in [0.1, 0.15) is 48.0 Å². The highest BCUT2D eigenvalue weighted by Gasteiger charge is 2.56. The largest absolute Gasteiger partial charge is 0.463 e. The second-order valence-corrected chi connectivity index (χ2v) is 18.2. The molecule has 0 saturated carbocycles. The van der Waals surface area contributed by atoms with Gasteiger partial charge in [0, 0.05) is 27.0 Å². The smallest absolute Gasteiger partial charge is 0.407 e. The van der Waals surface area contributed by atoms with Gasteiger partial charge in [0.1, 0.15) is 49.4 Å². The Morgan fingerprint density at radius 3 is 1.65 bits per heavy atom. The van der Waals surface area contributed by atoms with Crippen molar-refractivity contribution < 1.29 is 76.1 Å². The van der Waals surface area contributed by atoms with Crippen LogP contribution in [0.3, 0.4) is 0 Å². The number of benzene rings is 3. The lowest BCUT2D eigenvalue weighted by Gasteiger charge is -2.49. The number of rotatable bonds is 20. The maximum Gasteiger partial charge on any atom is 0.407 e. The Hall–Kier alpha value is -5.41. The van der Waals surface area contributed by atoms with Crippen molar-refractivity contribution in [2.75, 3.05) is 19.8 Å². The molecule has 1 N–H and O–H groups in total. The monoisotopic (exact) mass is 1020 g/mol. The number of amides is 1. The highest BCUT2D eigenvalue weighted by atomic mass is 35.6. The van der Waals surface area contributed by atoms with Gasteiger partial charge in [-0.25, -0.2) is 14.6 Å². The lowest BCUT2D eigenvalue weighted by molar-refractivity contribution is -0.372. The summed E-state index contributed by atoms with van der Waals surface area (Å²) in [5.41, 5.74) is 2.29. The van der Waals surface area contributed by atoms with Gasteiger partial charge in [-0.1, -0.05) is 132 Å². The van der Waals surface area contributed by atoms with Crippen molar-refractivity contribution in [2.45, 2.75) is 106 Å². The summed E-state index contributed by atoms with van der Waals surface area (Å²) < 4.78 is 65.6. The number of carbonyl (C=O) groups is 5. The average molecular weight is 1020 g/mol. The van der Waals surface area contributed by atoms with E-state index < -0.39 is 108 Å². The molecule has 18 nitrogen and oxygen atoms in total. The number of pyridine rings is 1. The maximum absolute atomic E-state index is 14.0. The van der Waals surface area contributed by atoms with E-state index in [2.05, 4.69) is 10.3 Å². The lowest BCUT2D eigenvalue weighted by atomic mass is 9.95. The third kappa shape index (κ3) is 16.6. The zero-order valence-corrected chi connectivity index (χ0v) is 39.9. The maximum atomic E-state index is 14.0. The summed E-state index contributed by atoms with van der Waals surface area (Å²) in [6.07, 6.45) is -12.7. The van der Waals surface area contributed by atoms with Gasteiger partial charge in [0.2, 0.25) is 3.79 Å². The van der Waals surface area contributed by atoms with Gasteiger partial charge >= 0.3 is 30.0 Å². The number of alkyl halides is 3. The van der Waals surface area contributed by atoms with Crippen LogP contribution < -0.4 is 5.32 Å². The SMILES string of the molecule is CC(=O)OC[C@H]1O[C@@H](O[C@H]2O[C@H](COCc3ccccc3)[C@@H](OC(=O)c3ccccn3)[C@H](OCc3ccccc3)[C@H]2OCc2ccccc2)[C@H](NC(=O)OCC(Cl)(Cl)Cl)[C@@H](OC(C)=O)[C@@H]1OC(C)=O. The Morgan fingerprint density at radius 1 is 0.580 bits per heavy atom. The molecule has 4 aromatic rings. The second kappa shape index (κ2) is 26.0. The van der Waals surface area contributed by atoms with E-state index in [9.17, 15) is 24.0 Å². The molecule has 2 saturated heterocycles. The van der Waals surface area contributed by atoms with Crippen LogP contribution in [0.15, 0.2) is 115 Å². The zero-order chi connectivity index (χ0) is 49.3. The van der Waals surface area contributed by atoms with Crippen LogP contribution in [0.5, 0.6) is 0 Å². The first-order chi connectivity index (χ1) is 33.1. The van der Waals surface area contributed by atoms with Crippen LogP contribution in [0.2, 0.25) is 0 Å². The third-order valence-electron chi connectivity index (χ3n) is 10.3. The van der Waals surface area contributed by atoms with E-state index in [4.69, 9.17) is 86.9 Å². The molecule has 1 amide bonds. The fraction of sp³-hybridized carbons (Fsp3) is 0.417. The summed E-state index contributed by atoms with van der Waals surface area (Å²) in [5, 5.41) is 2.53. The molecule has 0 spiro atoms. The molecule has 2 fully saturated rings.